The van der Waals surface area contributed by atoms with Gasteiger partial charge in [-0.3, -0.25) is 9.58 Å². The molecule has 0 aromatic carbocycles. The molecule has 3 fully saturated rings. The number of aryl methyl sites for hydroxylation is 1. The summed E-state index contributed by atoms with van der Waals surface area (Å²) in [6.07, 6.45) is 8.96. The van der Waals surface area contributed by atoms with Crippen LogP contribution < -0.4 is 0 Å². The summed E-state index contributed by atoms with van der Waals surface area (Å²) in [5.74, 6) is 4.24. The molecule has 24 heavy (non-hydrogen) atoms. The van der Waals surface area contributed by atoms with Crippen LogP contribution >= 0.6 is 0 Å². The van der Waals surface area contributed by atoms with Gasteiger partial charge in [0.2, 0.25) is 5.89 Å². The van der Waals surface area contributed by atoms with E-state index in [4.69, 9.17) is 9.51 Å². The van der Waals surface area contributed by atoms with E-state index < -0.39 is 0 Å². The fourth-order valence-corrected chi connectivity index (χ4v) is 4.65. The van der Waals surface area contributed by atoms with E-state index in [1.54, 1.807) is 6.33 Å². The summed E-state index contributed by atoms with van der Waals surface area (Å²) in [5, 5.41) is 8.46. The summed E-state index contributed by atoms with van der Waals surface area (Å²) >= 11 is 0. The van der Waals surface area contributed by atoms with Crippen molar-refractivity contribution >= 4 is 0 Å². The average Bonchev–Trinajstić information content (AvgIpc) is 2.93. The predicted octanol–water partition coefficient (Wildman–Crippen LogP) is 1.70. The van der Waals surface area contributed by atoms with Crippen molar-refractivity contribution in [1.29, 1.82) is 0 Å². The highest BCUT2D eigenvalue weighted by molar-refractivity contribution is 5.17. The third-order valence-corrected chi connectivity index (χ3v) is 6.17. The maximum Gasteiger partial charge on any atom is 0.234 e. The van der Waals surface area contributed by atoms with Gasteiger partial charge in [0.15, 0.2) is 5.82 Å². The number of aromatic nitrogens is 5. The molecule has 1 saturated heterocycles. The monoisotopic (exact) mass is 328 g/mol. The third-order valence-electron chi connectivity index (χ3n) is 6.17. The molecule has 7 nitrogen and oxygen atoms in total. The smallest absolute Gasteiger partial charge is 0.234 e. The number of hydrogen-bond donors (Lipinski definition) is 0. The molecule has 2 atom stereocenters. The van der Waals surface area contributed by atoms with Crippen molar-refractivity contribution in [2.75, 3.05) is 13.1 Å². The van der Waals surface area contributed by atoms with Crippen molar-refractivity contribution in [2.24, 2.45) is 18.9 Å². The van der Waals surface area contributed by atoms with E-state index in [2.05, 4.69) is 20.1 Å². The summed E-state index contributed by atoms with van der Waals surface area (Å²) in [7, 11) is 1.96. The summed E-state index contributed by atoms with van der Waals surface area (Å²) in [6.45, 7) is 2.93. The molecule has 1 aliphatic heterocycles. The zero-order chi connectivity index (χ0) is 16.1. The van der Waals surface area contributed by atoms with E-state index in [-0.39, 0.29) is 5.41 Å². The van der Waals surface area contributed by atoms with Gasteiger partial charge < -0.3 is 4.52 Å². The highest BCUT2D eigenvalue weighted by atomic mass is 16.5. The maximum atomic E-state index is 5.77. The molecule has 0 bridgehead atoms. The van der Waals surface area contributed by atoms with Crippen LogP contribution in [0.4, 0.5) is 0 Å². The minimum Gasteiger partial charge on any atom is -0.339 e. The quantitative estimate of drug-likeness (QED) is 0.832. The maximum absolute atomic E-state index is 5.77. The Balaban J connectivity index is 1.36. The lowest BCUT2D eigenvalue weighted by molar-refractivity contribution is 0.241. The number of likely N-dealkylation sites (tertiary alicyclic amines) is 1. The van der Waals surface area contributed by atoms with Gasteiger partial charge in [0.25, 0.3) is 0 Å². The highest BCUT2D eigenvalue weighted by Gasteiger charge is 2.54. The van der Waals surface area contributed by atoms with Crippen LogP contribution in [0, 0.1) is 11.8 Å². The van der Waals surface area contributed by atoms with Gasteiger partial charge in [-0.15, -0.1) is 0 Å². The Labute approximate surface area is 141 Å². The summed E-state index contributed by atoms with van der Waals surface area (Å²) in [4.78, 5) is 11.7. The largest absolute Gasteiger partial charge is 0.339 e. The second-order valence-electron chi connectivity index (χ2n) is 7.88. The lowest BCUT2D eigenvalue weighted by atomic mass is 9.80. The Kier molecular flexibility index (Phi) is 3.26. The first-order valence-electron chi connectivity index (χ1n) is 9.11. The minimum absolute atomic E-state index is 0.0629. The van der Waals surface area contributed by atoms with Gasteiger partial charge in [0.05, 0.1) is 12.0 Å². The molecule has 2 aliphatic carbocycles. The van der Waals surface area contributed by atoms with Crippen molar-refractivity contribution in [3.63, 3.8) is 0 Å². The number of hydrogen-bond acceptors (Lipinski definition) is 6. The molecule has 128 valence electrons. The summed E-state index contributed by atoms with van der Waals surface area (Å²) < 4.78 is 7.63. The van der Waals surface area contributed by atoms with Gasteiger partial charge in [-0.2, -0.15) is 10.1 Å². The van der Waals surface area contributed by atoms with Crippen LogP contribution in [0.15, 0.2) is 10.9 Å². The molecule has 0 unspecified atom stereocenters. The van der Waals surface area contributed by atoms with Gasteiger partial charge in [0, 0.05) is 26.6 Å². The molecule has 0 N–H and O–H groups in total. The van der Waals surface area contributed by atoms with E-state index in [0.717, 1.165) is 55.9 Å². The van der Waals surface area contributed by atoms with E-state index >= 15 is 0 Å². The Bertz CT molecular complexity index is 735. The van der Waals surface area contributed by atoms with E-state index in [1.165, 1.54) is 25.7 Å². The zero-order valence-corrected chi connectivity index (χ0v) is 14.2. The summed E-state index contributed by atoms with van der Waals surface area (Å²) in [6, 6.07) is 0. The molecule has 5 rings (SSSR count). The number of fused-ring (bicyclic) bond motifs is 1. The fourth-order valence-electron chi connectivity index (χ4n) is 4.65. The molecule has 2 aromatic heterocycles. The second-order valence-corrected chi connectivity index (χ2v) is 7.88. The third kappa shape index (κ3) is 2.37. The molecular weight excluding hydrogens is 304 g/mol. The van der Waals surface area contributed by atoms with Gasteiger partial charge in [-0.1, -0.05) is 11.6 Å². The first-order chi connectivity index (χ1) is 11.7. The first-order valence-corrected chi connectivity index (χ1v) is 9.11. The predicted molar refractivity (Wildman–Crippen MR) is 86.0 cm³/mol. The normalized spacial score (nSPS) is 30.1. The molecule has 2 aromatic rings. The van der Waals surface area contributed by atoms with Crippen molar-refractivity contribution in [3.8, 4) is 0 Å². The molecule has 0 radical (unpaired) electrons. The van der Waals surface area contributed by atoms with Crippen LogP contribution in [0.3, 0.4) is 0 Å². The Hall–Kier alpha value is -1.76. The second kappa shape index (κ2) is 5.37. The minimum atomic E-state index is 0.0629. The molecular formula is C17H24N6O. The molecule has 7 heteroatoms. The zero-order valence-electron chi connectivity index (χ0n) is 14.2. The Morgan fingerprint density at radius 1 is 1.33 bits per heavy atom. The Morgan fingerprint density at radius 3 is 3.04 bits per heavy atom. The molecule has 2 saturated carbocycles. The van der Waals surface area contributed by atoms with Gasteiger partial charge in [0.1, 0.15) is 12.2 Å². The fraction of sp³-hybridized carbons (Fsp3) is 0.765. The van der Waals surface area contributed by atoms with E-state index in [9.17, 15) is 0 Å². The van der Waals surface area contributed by atoms with Crippen LogP contribution in [-0.4, -0.2) is 42.9 Å². The van der Waals surface area contributed by atoms with Crippen LogP contribution in [0.5, 0.6) is 0 Å². The van der Waals surface area contributed by atoms with Crippen molar-refractivity contribution in [2.45, 2.75) is 50.5 Å². The molecule has 0 amide bonds. The number of nitrogens with zero attached hydrogens (tertiary/aromatic N) is 6. The van der Waals surface area contributed by atoms with Crippen LogP contribution in [0.2, 0.25) is 0 Å². The van der Waals surface area contributed by atoms with Crippen LogP contribution in [0.1, 0.15) is 49.6 Å². The number of rotatable bonds is 5. The topological polar surface area (TPSA) is 72.9 Å². The highest BCUT2D eigenvalue weighted by Crippen LogP contribution is 2.50. The summed E-state index contributed by atoms with van der Waals surface area (Å²) in [5.41, 5.74) is 0.0629. The SMILES string of the molecule is Cn1ncnc1CN1C[C@H]2CCC[C@@]2(c2nc(CC3CC3)no2)C1. The lowest BCUT2D eigenvalue weighted by Crippen LogP contribution is -2.32. The van der Waals surface area contributed by atoms with Gasteiger partial charge in [-0.25, -0.2) is 4.98 Å². The molecule has 0 spiro atoms. The lowest BCUT2D eigenvalue weighted by Gasteiger charge is -2.24. The van der Waals surface area contributed by atoms with Crippen LogP contribution in [0.25, 0.3) is 0 Å². The standard InChI is InChI=1S/C17H24N6O/c1-22-15(18-11-19-22)9-23-8-13-3-2-6-17(13,10-23)16-20-14(21-24-16)7-12-4-5-12/h11-13H,2-10H2,1H3/t13-,17-/m1/s1. The van der Waals surface area contributed by atoms with E-state index in [0.29, 0.717) is 5.92 Å². The Morgan fingerprint density at radius 2 is 2.25 bits per heavy atom. The van der Waals surface area contributed by atoms with Crippen molar-refractivity contribution < 1.29 is 4.52 Å². The van der Waals surface area contributed by atoms with Crippen molar-refractivity contribution in [3.05, 3.63) is 23.9 Å². The van der Waals surface area contributed by atoms with E-state index in [1.807, 2.05) is 11.7 Å². The van der Waals surface area contributed by atoms with Gasteiger partial charge in [-0.05, 0) is 37.5 Å². The molecule has 3 heterocycles. The first kappa shape index (κ1) is 14.6. The van der Waals surface area contributed by atoms with Crippen molar-refractivity contribution in [1.82, 2.24) is 29.8 Å². The van der Waals surface area contributed by atoms with Gasteiger partial charge >= 0.3 is 0 Å². The average molecular weight is 328 g/mol. The van der Waals surface area contributed by atoms with Crippen LogP contribution in [-0.2, 0) is 25.4 Å². The molecule has 3 aliphatic rings.